The van der Waals surface area contributed by atoms with Gasteiger partial charge in [0.15, 0.2) is 0 Å². The fraction of sp³-hybridized carbons (Fsp3) is 0.281. The quantitative estimate of drug-likeness (QED) is 0.165. The number of hydrogen-bond acceptors (Lipinski definition) is 4. The van der Waals surface area contributed by atoms with Gasteiger partial charge < -0.3 is 14.7 Å². The SMILES string of the molecule is CC(C)(C)c1ccc(N2c3cc(N4c5ccc(-c6ccccn6)cc5C5(C)CCCCC45C)ccc3B3c4ccccc4N(c4ccccc4)c4cc(C(C)(C)C)cc2c43)cc1. The summed E-state index contributed by atoms with van der Waals surface area (Å²) >= 11 is 0. The maximum Gasteiger partial charge on any atom is 0.252 e. The molecule has 3 aliphatic heterocycles. The molecule has 4 heterocycles. The predicted octanol–water partition coefficient (Wildman–Crippen LogP) is 13.2. The van der Waals surface area contributed by atoms with Crippen molar-refractivity contribution in [3.05, 3.63) is 168 Å². The molecule has 2 atom stereocenters. The van der Waals surface area contributed by atoms with E-state index in [1.54, 1.807) is 0 Å². The molecular weight excluding hydrogens is 751 g/mol. The van der Waals surface area contributed by atoms with Crippen LogP contribution >= 0.6 is 0 Å². The minimum atomic E-state index is -0.101. The standard InChI is InChI=1S/C57H57BN4/c1-54(2,3)39-24-26-42(27-25-39)61-50-37-43(62-48-30-23-38(47-21-14-17-33-59-47)34-44(48)56(7)31-15-16-32-57(56,62)8)28-29-46(50)58-45-20-12-13-22-49(45)60(41-18-10-9-11-19-41)51-35-40(55(4,5)6)36-52(61)53(51)58/h9-14,17-30,33-37H,15-16,31-32H2,1-8H3. The van der Waals surface area contributed by atoms with E-state index in [1.807, 2.05) is 12.3 Å². The highest BCUT2D eigenvalue weighted by Gasteiger charge is 2.58. The Labute approximate surface area is 369 Å². The molecular formula is C57H57BN4. The second-order valence-electron chi connectivity index (χ2n) is 20.8. The Kier molecular flexibility index (Phi) is 8.59. The van der Waals surface area contributed by atoms with Crippen LogP contribution in [0.25, 0.3) is 11.3 Å². The molecule has 11 rings (SSSR count). The number of fused-ring (bicyclic) bond motifs is 7. The summed E-state index contributed by atoms with van der Waals surface area (Å²) in [5.41, 5.74) is 20.2. The lowest BCUT2D eigenvalue weighted by molar-refractivity contribution is 0.195. The Morgan fingerprint density at radius 2 is 1.15 bits per heavy atom. The maximum absolute atomic E-state index is 4.78. The number of anilines is 8. The lowest BCUT2D eigenvalue weighted by atomic mass is 9.33. The Morgan fingerprint density at radius 1 is 0.516 bits per heavy atom. The summed E-state index contributed by atoms with van der Waals surface area (Å²) in [6.45, 7) is 19.1. The van der Waals surface area contributed by atoms with E-state index in [0.717, 1.165) is 12.1 Å². The highest BCUT2D eigenvalue weighted by Crippen LogP contribution is 2.61. The molecule has 7 aromatic rings. The van der Waals surface area contributed by atoms with E-state index in [2.05, 4.69) is 210 Å². The van der Waals surface area contributed by atoms with Gasteiger partial charge in [0.1, 0.15) is 0 Å². The first kappa shape index (κ1) is 38.8. The molecule has 308 valence electrons. The smallest absolute Gasteiger partial charge is 0.252 e. The van der Waals surface area contributed by atoms with Crippen molar-refractivity contribution in [1.82, 2.24) is 4.98 Å². The first-order chi connectivity index (χ1) is 29.8. The highest BCUT2D eigenvalue weighted by atomic mass is 15.3. The van der Waals surface area contributed by atoms with Gasteiger partial charge in [0.25, 0.3) is 6.71 Å². The van der Waals surface area contributed by atoms with Crippen LogP contribution in [-0.4, -0.2) is 17.2 Å². The summed E-state index contributed by atoms with van der Waals surface area (Å²) in [4.78, 5) is 12.6. The van der Waals surface area contributed by atoms with Gasteiger partial charge in [0.05, 0.1) is 11.2 Å². The van der Waals surface area contributed by atoms with Crippen molar-refractivity contribution in [3.63, 3.8) is 0 Å². The number of nitrogens with zero attached hydrogens (tertiary/aromatic N) is 4. The highest BCUT2D eigenvalue weighted by molar-refractivity contribution is 7.00. The molecule has 0 radical (unpaired) electrons. The third-order valence-corrected chi connectivity index (χ3v) is 15.2. The molecule has 4 nitrogen and oxygen atoms in total. The molecule has 4 aliphatic rings. The summed E-state index contributed by atoms with van der Waals surface area (Å²) in [6, 6.07) is 55.4. The van der Waals surface area contributed by atoms with Crippen LogP contribution in [0.4, 0.5) is 45.5 Å². The second kappa shape index (κ2) is 13.7. The largest absolute Gasteiger partial charge is 0.334 e. The van der Waals surface area contributed by atoms with E-state index in [-0.39, 0.29) is 28.5 Å². The molecule has 0 spiro atoms. The van der Waals surface area contributed by atoms with Gasteiger partial charge in [-0.2, -0.15) is 0 Å². The Morgan fingerprint density at radius 3 is 1.85 bits per heavy atom. The minimum absolute atomic E-state index is 0.0178. The molecule has 2 unspecified atom stereocenters. The van der Waals surface area contributed by atoms with Crippen LogP contribution in [0.5, 0.6) is 0 Å². The monoisotopic (exact) mass is 808 g/mol. The molecule has 1 aromatic heterocycles. The fourth-order valence-corrected chi connectivity index (χ4v) is 11.6. The van der Waals surface area contributed by atoms with Gasteiger partial charge in [0, 0.05) is 62.7 Å². The first-order valence-corrected chi connectivity index (χ1v) is 22.8. The van der Waals surface area contributed by atoms with Crippen molar-refractivity contribution in [1.29, 1.82) is 0 Å². The minimum Gasteiger partial charge on any atom is -0.334 e. The van der Waals surface area contributed by atoms with Gasteiger partial charge in [-0.05, 0) is 143 Å². The zero-order valence-corrected chi connectivity index (χ0v) is 37.6. The molecule has 1 aliphatic carbocycles. The van der Waals surface area contributed by atoms with Gasteiger partial charge in [-0.3, -0.25) is 4.98 Å². The van der Waals surface area contributed by atoms with E-state index in [4.69, 9.17) is 4.98 Å². The van der Waals surface area contributed by atoms with Crippen LogP contribution in [0.3, 0.4) is 0 Å². The van der Waals surface area contributed by atoms with Crippen molar-refractivity contribution < 1.29 is 0 Å². The molecule has 62 heavy (non-hydrogen) atoms. The van der Waals surface area contributed by atoms with Gasteiger partial charge in [-0.25, -0.2) is 0 Å². The van der Waals surface area contributed by atoms with Crippen LogP contribution in [0.2, 0.25) is 0 Å². The lowest BCUT2D eigenvalue weighted by Gasteiger charge is -2.50. The lowest BCUT2D eigenvalue weighted by Crippen LogP contribution is -2.61. The zero-order valence-electron chi connectivity index (χ0n) is 37.6. The van der Waals surface area contributed by atoms with Crippen molar-refractivity contribution in [2.75, 3.05) is 14.7 Å². The second-order valence-corrected chi connectivity index (χ2v) is 20.8. The third kappa shape index (κ3) is 5.69. The fourth-order valence-electron chi connectivity index (χ4n) is 11.6. The Bertz CT molecular complexity index is 2870. The third-order valence-electron chi connectivity index (χ3n) is 15.2. The van der Waals surface area contributed by atoms with Crippen molar-refractivity contribution >= 4 is 68.6 Å². The molecule has 1 saturated carbocycles. The van der Waals surface area contributed by atoms with Gasteiger partial charge >= 0.3 is 0 Å². The summed E-state index contributed by atoms with van der Waals surface area (Å²) in [5, 5.41) is 0. The van der Waals surface area contributed by atoms with Gasteiger partial charge in [-0.15, -0.1) is 0 Å². The summed E-state index contributed by atoms with van der Waals surface area (Å²) in [6.07, 6.45) is 6.68. The summed E-state index contributed by atoms with van der Waals surface area (Å²) in [5.74, 6) is 0. The van der Waals surface area contributed by atoms with Crippen LogP contribution in [0.1, 0.15) is 97.8 Å². The van der Waals surface area contributed by atoms with Crippen molar-refractivity contribution in [3.8, 4) is 11.3 Å². The molecule has 0 saturated heterocycles. The molecule has 0 N–H and O–H groups in total. The van der Waals surface area contributed by atoms with Gasteiger partial charge in [0.2, 0.25) is 0 Å². The van der Waals surface area contributed by atoms with E-state index in [0.29, 0.717) is 0 Å². The Balaban J connectivity index is 1.18. The van der Waals surface area contributed by atoms with E-state index in [1.165, 1.54) is 103 Å². The van der Waals surface area contributed by atoms with Crippen LogP contribution < -0.4 is 31.1 Å². The number of para-hydroxylation sites is 2. The number of hydrogen-bond donors (Lipinski definition) is 0. The number of rotatable bonds is 4. The molecule has 0 bridgehead atoms. The first-order valence-electron chi connectivity index (χ1n) is 22.8. The maximum atomic E-state index is 4.78. The van der Waals surface area contributed by atoms with Crippen LogP contribution in [-0.2, 0) is 16.2 Å². The normalized spacial score (nSPS) is 20.0. The topological polar surface area (TPSA) is 22.6 Å². The van der Waals surface area contributed by atoms with E-state index < -0.39 is 0 Å². The zero-order chi connectivity index (χ0) is 42.8. The van der Waals surface area contributed by atoms with E-state index >= 15 is 0 Å². The summed E-state index contributed by atoms with van der Waals surface area (Å²) in [7, 11) is 0. The number of pyridine rings is 1. The van der Waals surface area contributed by atoms with Crippen LogP contribution in [0, 0.1) is 0 Å². The molecule has 1 fully saturated rings. The number of benzene rings is 6. The molecule has 5 heteroatoms. The van der Waals surface area contributed by atoms with Crippen molar-refractivity contribution in [2.24, 2.45) is 0 Å². The van der Waals surface area contributed by atoms with Crippen molar-refractivity contribution in [2.45, 2.75) is 103 Å². The van der Waals surface area contributed by atoms with Gasteiger partial charge in [-0.1, -0.05) is 128 Å². The average molecular weight is 809 g/mol. The van der Waals surface area contributed by atoms with E-state index in [9.17, 15) is 0 Å². The summed E-state index contributed by atoms with van der Waals surface area (Å²) < 4.78 is 0. The van der Waals surface area contributed by atoms with Crippen LogP contribution in [0.15, 0.2) is 152 Å². The Hall–Kier alpha value is -6.07. The number of aromatic nitrogens is 1. The molecule has 0 amide bonds. The predicted molar refractivity (Wildman–Crippen MR) is 264 cm³/mol. The average Bonchev–Trinajstić information content (AvgIpc) is 3.48. The molecule has 6 aromatic carbocycles.